The smallest absolute Gasteiger partial charge is 0.254 e. The van der Waals surface area contributed by atoms with Crippen LogP contribution < -0.4 is 10.9 Å². The van der Waals surface area contributed by atoms with Gasteiger partial charge in [-0.1, -0.05) is 12.1 Å². The highest BCUT2D eigenvalue weighted by atomic mass is 16.3. The molecule has 0 aliphatic heterocycles. The Morgan fingerprint density at radius 3 is 2.79 bits per heavy atom. The number of aryl methyl sites for hydroxylation is 2. The van der Waals surface area contributed by atoms with Crippen LogP contribution in [0.1, 0.15) is 11.1 Å². The SMILES string of the molecule is Cc1ccc(C)c(NC(=O)Cn2cnc(-c3ccco3)cc2=O)c1. The third kappa shape index (κ3) is 3.43. The summed E-state index contributed by atoms with van der Waals surface area (Å²) < 4.78 is 6.47. The fourth-order valence-electron chi connectivity index (χ4n) is 2.32. The Balaban J connectivity index is 1.75. The maximum Gasteiger partial charge on any atom is 0.254 e. The van der Waals surface area contributed by atoms with E-state index in [4.69, 9.17) is 4.42 Å². The molecule has 0 unspecified atom stereocenters. The highest BCUT2D eigenvalue weighted by Crippen LogP contribution is 2.16. The van der Waals surface area contributed by atoms with E-state index in [-0.39, 0.29) is 18.0 Å². The summed E-state index contributed by atoms with van der Waals surface area (Å²) in [7, 11) is 0. The summed E-state index contributed by atoms with van der Waals surface area (Å²) in [6, 6.07) is 10.6. The zero-order chi connectivity index (χ0) is 17.1. The van der Waals surface area contributed by atoms with Crippen LogP contribution in [0.25, 0.3) is 11.5 Å². The Bertz CT molecular complexity index is 927. The molecule has 0 fully saturated rings. The number of nitrogens with zero attached hydrogens (tertiary/aromatic N) is 2. The van der Waals surface area contributed by atoms with Crippen LogP contribution in [-0.2, 0) is 11.3 Å². The quantitative estimate of drug-likeness (QED) is 0.801. The van der Waals surface area contributed by atoms with Gasteiger partial charge in [0.2, 0.25) is 5.91 Å². The third-order valence-electron chi connectivity index (χ3n) is 3.63. The van der Waals surface area contributed by atoms with Crippen molar-refractivity contribution in [3.05, 3.63) is 70.5 Å². The van der Waals surface area contributed by atoms with Crippen molar-refractivity contribution in [2.24, 2.45) is 0 Å². The van der Waals surface area contributed by atoms with Gasteiger partial charge in [0.1, 0.15) is 12.2 Å². The molecule has 24 heavy (non-hydrogen) atoms. The first kappa shape index (κ1) is 15.7. The molecule has 1 aromatic carbocycles. The van der Waals surface area contributed by atoms with E-state index in [1.165, 1.54) is 23.2 Å². The number of anilines is 1. The molecular weight excluding hydrogens is 306 g/mol. The summed E-state index contributed by atoms with van der Waals surface area (Å²) in [4.78, 5) is 28.5. The van der Waals surface area contributed by atoms with Crippen molar-refractivity contribution in [2.75, 3.05) is 5.32 Å². The maximum absolute atomic E-state index is 12.2. The topological polar surface area (TPSA) is 77.1 Å². The van der Waals surface area contributed by atoms with Gasteiger partial charge < -0.3 is 9.73 Å². The molecule has 6 heteroatoms. The molecule has 0 saturated heterocycles. The number of hydrogen-bond acceptors (Lipinski definition) is 4. The Kier molecular flexibility index (Phi) is 4.29. The molecular formula is C18H17N3O3. The second kappa shape index (κ2) is 6.54. The molecule has 122 valence electrons. The van der Waals surface area contributed by atoms with Crippen molar-refractivity contribution in [3.8, 4) is 11.5 Å². The minimum atomic E-state index is -0.312. The van der Waals surface area contributed by atoms with Crippen molar-refractivity contribution >= 4 is 11.6 Å². The maximum atomic E-state index is 12.2. The summed E-state index contributed by atoms with van der Waals surface area (Å²) in [6.07, 6.45) is 2.86. The first-order chi connectivity index (χ1) is 11.5. The van der Waals surface area contributed by atoms with Gasteiger partial charge in [-0.2, -0.15) is 0 Å². The predicted molar refractivity (Wildman–Crippen MR) is 90.7 cm³/mol. The van der Waals surface area contributed by atoms with Crippen molar-refractivity contribution in [3.63, 3.8) is 0 Å². The average Bonchev–Trinajstić information content (AvgIpc) is 3.07. The zero-order valence-electron chi connectivity index (χ0n) is 13.4. The average molecular weight is 323 g/mol. The molecule has 0 atom stereocenters. The van der Waals surface area contributed by atoms with Gasteiger partial charge in [0.05, 0.1) is 12.6 Å². The normalized spacial score (nSPS) is 10.6. The lowest BCUT2D eigenvalue weighted by molar-refractivity contribution is -0.116. The highest BCUT2D eigenvalue weighted by molar-refractivity contribution is 5.91. The van der Waals surface area contributed by atoms with Crippen LogP contribution in [0.15, 0.2) is 58.2 Å². The number of hydrogen-bond donors (Lipinski definition) is 1. The van der Waals surface area contributed by atoms with E-state index in [9.17, 15) is 9.59 Å². The number of rotatable bonds is 4. The van der Waals surface area contributed by atoms with Crippen LogP contribution in [0.2, 0.25) is 0 Å². The Hall–Kier alpha value is -3.15. The minimum Gasteiger partial charge on any atom is -0.463 e. The van der Waals surface area contributed by atoms with Gasteiger partial charge in [-0.15, -0.1) is 0 Å². The van der Waals surface area contributed by atoms with E-state index in [1.807, 2.05) is 32.0 Å². The van der Waals surface area contributed by atoms with E-state index < -0.39 is 0 Å². The zero-order valence-corrected chi connectivity index (χ0v) is 13.4. The van der Waals surface area contributed by atoms with Crippen molar-refractivity contribution < 1.29 is 9.21 Å². The van der Waals surface area contributed by atoms with E-state index in [1.54, 1.807) is 12.1 Å². The summed E-state index contributed by atoms with van der Waals surface area (Å²) in [5.41, 5.74) is 2.89. The lowest BCUT2D eigenvalue weighted by atomic mass is 10.1. The Morgan fingerprint density at radius 2 is 2.08 bits per heavy atom. The summed E-state index contributed by atoms with van der Waals surface area (Å²) in [5.74, 6) is 0.234. The Labute approximate surface area is 138 Å². The van der Waals surface area contributed by atoms with E-state index in [2.05, 4.69) is 10.3 Å². The van der Waals surface area contributed by atoms with Crippen LogP contribution in [0.3, 0.4) is 0 Å². The first-order valence-corrected chi connectivity index (χ1v) is 7.50. The fraction of sp³-hybridized carbons (Fsp3) is 0.167. The van der Waals surface area contributed by atoms with Crippen LogP contribution in [-0.4, -0.2) is 15.5 Å². The number of benzene rings is 1. The monoisotopic (exact) mass is 323 g/mol. The lowest BCUT2D eigenvalue weighted by Gasteiger charge is -2.10. The second-order valence-electron chi connectivity index (χ2n) is 5.58. The van der Waals surface area contributed by atoms with Crippen molar-refractivity contribution in [1.82, 2.24) is 9.55 Å². The van der Waals surface area contributed by atoms with Gasteiger partial charge in [-0.05, 0) is 43.2 Å². The highest BCUT2D eigenvalue weighted by Gasteiger charge is 2.09. The van der Waals surface area contributed by atoms with Crippen LogP contribution in [0, 0.1) is 13.8 Å². The van der Waals surface area contributed by atoms with Gasteiger partial charge in [0.15, 0.2) is 5.76 Å². The standard InChI is InChI=1S/C18H17N3O3/c1-12-5-6-13(2)14(8-12)20-17(22)10-21-11-19-15(9-18(21)23)16-4-3-7-24-16/h3-9,11H,10H2,1-2H3,(H,20,22). The van der Waals surface area contributed by atoms with Gasteiger partial charge in [-0.25, -0.2) is 4.98 Å². The Morgan fingerprint density at radius 1 is 1.25 bits per heavy atom. The number of carbonyl (C=O) groups is 1. The fourth-order valence-corrected chi connectivity index (χ4v) is 2.32. The molecule has 0 radical (unpaired) electrons. The molecule has 0 spiro atoms. The largest absolute Gasteiger partial charge is 0.463 e. The summed E-state index contributed by atoms with van der Waals surface area (Å²) >= 11 is 0. The molecule has 0 saturated carbocycles. The predicted octanol–water partition coefficient (Wildman–Crippen LogP) is 2.76. The number of aromatic nitrogens is 2. The second-order valence-corrected chi connectivity index (χ2v) is 5.58. The van der Waals surface area contributed by atoms with Crippen molar-refractivity contribution in [1.29, 1.82) is 0 Å². The van der Waals surface area contributed by atoms with Gasteiger partial charge >= 0.3 is 0 Å². The third-order valence-corrected chi connectivity index (χ3v) is 3.63. The van der Waals surface area contributed by atoms with E-state index in [0.717, 1.165) is 16.8 Å². The summed E-state index contributed by atoms with van der Waals surface area (Å²) in [6.45, 7) is 3.77. The minimum absolute atomic E-state index is 0.0996. The molecule has 0 bridgehead atoms. The first-order valence-electron chi connectivity index (χ1n) is 7.50. The van der Waals surface area contributed by atoms with Gasteiger partial charge in [0, 0.05) is 11.8 Å². The number of furan rings is 1. The lowest BCUT2D eigenvalue weighted by Crippen LogP contribution is -2.27. The number of amides is 1. The molecule has 1 amide bonds. The molecule has 1 N–H and O–H groups in total. The number of carbonyl (C=O) groups excluding carboxylic acids is 1. The van der Waals surface area contributed by atoms with Gasteiger partial charge in [-0.3, -0.25) is 14.2 Å². The molecule has 0 aliphatic rings. The van der Waals surface area contributed by atoms with Crippen LogP contribution in [0.4, 0.5) is 5.69 Å². The molecule has 3 rings (SSSR count). The van der Waals surface area contributed by atoms with E-state index >= 15 is 0 Å². The molecule has 2 aromatic heterocycles. The number of nitrogens with one attached hydrogen (secondary N) is 1. The van der Waals surface area contributed by atoms with E-state index in [0.29, 0.717) is 11.5 Å². The van der Waals surface area contributed by atoms with Crippen LogP contribution in [0.5, 0.6) is 0 Å². The molecule has 3 aromatic rings. The van der Waals surface area contributed by atoms with Gasteiger partial charge in [0.25, 0.3) is 5.56 Å². The molecule has 6 nitrogen and oxygen atoms in total. The van der Waals surface area contributed by atoms with Crippen LogP contribution >= 0.6 is 0 Å². The molecule has 2 heterocycles. The molecule has 0 aliphatic carbocycles. The summed E-state index contributed by atoms with van der Waals surface area (Å²) in [5, 5.41) is 2.82. The van der Waals surface area contributed by atoms with Crippen molar-refractivity contribution in [2.45, 2.75) is 20.4 Å².